The zero-order chi connectivity index (χ0) is 22.3. The first-order chi connectivity index (χ1) is 14.6. The van der Waals surface area contributed by atoms with E-state index in [1.165, 1.54) is 38.5 Å². The van der Waals surface area contributed by atoms with Crippen molar-refractivity contribution in [1.29, 1.82) is 0 Å². The quantitative estimate of drug-likeness (QED) is 0.228. The minimum atomic E-state index is 0.133. The summed E-state index contributed by atoms with van der Waals surface area (Å²) in [6, 6.07) is 0. The first kappa shape index (κ1) is 28.9. The standard InChI is InChI=1S/C24H49N3O3/c1-3-5-7-9-11-15-23(29)25-17-13-19-27(21-22-28)20-14-18-26-24(30)16-12-10-8-6-4-2/h28H,3-22H2,1-2H3,(H,25,29)(H,26,30). The van der Waals surface area contributed by atoms with Gasteiger partial charge in [-0.05, 0) is 38.8 Å². The highest BCUT2D eigenvalue weighted by Gasteiger charge is 2.06. The molecule has 0 radical (unpaired) electrons. The first-order valence-corrected chi connectivity index (χ1v) is 12.5. The van der Waals surface area contributed by atoms with Crippen LogP contribution in [0.5, 0.6) is 0 Å². The van der Waals surface area contributed by atoms with Crippen LogP contribution in [0.2, 0.25) is 0 Å². The largest absolute Gasteiger partial charge is 0.395 e. The molecule has 30 heavy (non-hydrogen) atoms. The molecule has 0 saturated heterocycles. The van der Waals surface area contributed by atoms with Crippen LogP contribution in [0.25, 0.3) is 0 Å². The van der Waals surface area contributed by atoms with Gasteiger partial charge in [-0.15, -0.1) is 0 Å². The van der Waals surface area contributed by atoms with Crippen molar-refractivity contribution in [2.75, 3.05) is 39.3 Å². The fraction of sp³-hybridized carbons (Fsp3) is 0.917. The lowest BCUT2D eigenvalue weighted by molar-refractivity contribution is -0.122. The van der Waals surface area contributed by atoms with E-state index in [0.29, 0.717) is 32.5 Å². The van der Waals surface area contributed by atoms with E-state index < -0.39 is 0 Å². The van der Waals surface area contributed by atoms with Crippen molar-refractivity contribution < 1.29 is 14.7 Å². The highest BCUT2D eigenvalue weighted by molar-refractivity contribution is 5.76. The number of amides is 2. The molecule has 178 valence electrons. The van der Waals surface area contributed by atoms with Crippen LogP contribution in [0.3, 0.4) is 0 Å². The SMILES string of the molecule is CCCCCCCC(=O)NCCCN(CCO)CCCNC(=O)CCCCCCC. The number of rotatable bonds is 22. The number of nitrogens with zero attached hydrogens (tertiary/aromatic N) is 1. The van der Waals surface area contributed by atoms with Gasteiger partial charge in [0, 0.05) is 32.5 Å². The van der Waals surface area contributed by atoms with Crippen LogP contribution in [0.4, 0.5) is 0 Å². The van der Waals surface area contributed by atoms with Crippen LogP contribution in [-0.2, 0) is 9.59 Å². The summed E-state index contributed by atoms with van der Waals surface area (Å²) in [5.74, 6) is 0.301. The Morgan fingerprint density at radius 2 is 1.07 bits per heavy atom. The van der Waals surface area contributed by atoms with Crippen molar-refractivity contribution >= 4 is 11.8 Å². The molecule has 0 unspecified atom stereocenters. The lowest BCUT2D eigenvalue weighted by atomic mass is 10.1. The van der Waals surface area contributed by atoms with Gasteiger partial charge < -0.3 is 20.6 Å². The van der Waals surface area contributed by atoms with E-state index in [0.717, 1.165) is 51.6 Å². The molecular formula is C24H49N3O3. The van der Waals surface area contributed by atoms with Crippen molar-refractivity contribution in [2.24, 2.45) is 0 Å². The Kier molecular flexibility index (Phi) is 21.7. The van der Waals surface area contributed by atoms with Crippen molar-refractivity contribution in [1.82, 2.24) is 15.5 Å². The summed E-state index contributed by atoms with van der Waals surface area (Å²) >= 11 is 0. The molecule has 0 aliphatic heterocycles. The number of unbranched alkanes of at least 4 members (excludes halogenated alkanes) is 8. The predicted octanol–water partition coefficient (Wildman–Crippen LogP) is 4.01. The molecule has 6 heteroatoms. The van der Waals surface area contributed by atoms with Crippen LogP contribution in [0, 0.1) is 0 Å². The summed E-state index contributed by atoms with van der Waals surface area (Å²) in [6.07, 6.45) is 14.7. The fourth-order valence-corrected chi connectivity index (χ4v) is 3.49. The van der Waals surface area contributed by atoms with Gasteiger partial charge in [-0.1, -0.05) is 65.2 Å². The van der Waals surface area contributed by atoms with Crippen molar-refractivity contribution in [2.45, 2.75) is 104 Å². The number of carbonyl (C=O) groups excluding carboxylic acids is 2. The maximum Gasteiger partial charge on any atom is 0.219 e. The molecule has 0 atom stereocenters. The topological polar surface area (TPSA) is 81.7 Å². The van der Waals surface area contributed by atoms with E-state index in [-0.39, 0.29) is 18.4 Å². The van der Waals surface area contributed by atoms with Crippen molar-refractivity contribution in [3.05, 3.63) is 0 Å². The Labute approximate surface area is 185 Å². The minimum absolute atomic E-state index is 0.133. The predicted molar refractivity (Wildman–Crippen MR) is 126 cm³/mol. The summed E-state index contributed by atoms with van der Waals surface area (Å²) in [6.45, 7) is 8.23. The Morgan fingerprint density at radius 1 is 0.633 bits per heavy atom. The van der Waals surface area contributed by atoms with Crippen molar-refractivity contribution in [3.63, 3.8) is 0 Å². The van der Waals surface area contributed by atoms with Crippen LogP contribution < -0.4 is 10.6 Å². The fourth-order valence-electron chi connectivity index (χ4n) is 3.49. The van der Waals surface area contributed by atoms with Gasteiger partial charge >= 0.3 is 0 Å². The number of hydrogen-bond acceptors (Lipinski definition) is 4. The normalized spacial score (nSPS) is 11.1. The summed E-state index contributed by atoms with van der Waals surface area (Å²) in [7, 11) is 0. The van der Waals surface area contributed by atoms with Crippen LogP contribution >= 0.6 is 0 Å². The van der Waals surface area contributed by atoms with E-state index in [2.05, 4.69) is 29.4 Å². The molecule has 0 aromatic heterocycles. The van der Waals surface area contributed by atoms with Gasteiger partial charge in [0.15, 0.2) is 0 Å². The van der Waals surface area contributed by atoms with Crippen LogP contribution in [0.1, 0.15) is 104 Å². The molecule has 0 bridgehead atoms. The maximum atomic E-state index is 11.8. The molecule has 3 N–H and O–H groups in total. The number of aliphatic hydroxyl groups is 1. The highest BCUT2D eigenvalue weighted by atomic mass is 16.3. The van der Waals surface area contributed by atoms with Gasteiger partial charge in [0.25, 0.3) is 0 Å². The van der Waals surface area contributed by atoms with E-state index in [4.69, 9.17) is 0 Å². The Bertz CT molecular complexity index is 371. The second-order valence-electron chi connectivity index (χ2n) is 8.30. The second-order valence-corrected chi connectivity index (χ2v) is 8.30. The summed E-state index contributed by atoms with van der Waals surface area (Å²) in [4.78, 5) is 25.9. The number of nitrogens with one attached hydrogen (secondary N) is 2. The Morgan fingerprint density at radius 3 is 1.47 bits per heavy atom. The molecule has 0 aromatic rings. The summed E-state index contributed by atoms with van der Waals surface area (Å²) in [5, 5.41) is 15.3. The van der Waals surface area contributed by atoms with E-state index in [1.807, 2.05) is 0 Å². The first-order valence-electron chi connectivity index (χ1n) is 12.5. The lowest BCUT2D eigenvalue weighted by Gasteiger charge is -2.21. The van der Waals surface area contributed by atoms with Gasteiger partial charge in [0.2, 0.25) is 11.8 Å². The average Bonchev–Trinajstić information content (AvgIpc) is 2.73. The molecule has 0 spiro atoms. The highest BCUT2D eigenvalue weighted by Crippen LogP contribution is 2.05. The van der Waals surface area contributed by atoms with Crippen LogP contribution in [-0.4, -0.2) is 61.2 Å². The lowest BCUT2D eigenvalue weighted by Crippen LogP contribution is -2.34. The molecule has 2 amide bonds. The third-order valence-electron chi connectivity index (χ3n) is 5.38. The van der Waals surface area contributed by atoms with Gasteiger partial charge in [-0.25, -0.2) is 0 Å². The molecule has 0 fully saturated rings. The molecular weight excluding hydrogens is 378 g/mol. The molecule has 6 nitrogen and oxygen atoms in total. The smallest absolute Gasteiger partial charge is 0.219 e. The third-order valence-corrected chi connectivity index (χ3v) is 5.38. The van der Waals surface area contributed by atoms with Gasteiger partial charge in [0.1, 0.15) is 0 Å². The molecule has 0 aliphatic carbocycles. The molecule has 0 heterocycles. The Hall–Kier alpha value is -1.14. The molecule has 0 saturated carbocycles. The van der Waals surface area contributed by atoms with Gasteiger partial charge in [-0.3, -0.25) is 9.59 Å². The van der Waals surface area contributed by atoms with Gasteiger partial charge in [0.05, 0.1) is 6.61 Å². The summed E-state index contributed by atoms with van der Waals surface area (Å²) in [5.41, 5.74) is 0. The third kappa shape index (κ3) is 20.1. The number of hydrogen-bond donors (Lipinski definition) is 3. The van der Waals surface area contributed by atoms with Gasteiger partial charge in [-0.2, -0.15) is 0 Å². The van der Waals surface area contributed by atoms with Crippen LogP contribution in [0.15, 0.2) is 0 Å². The average molecular weight is 428 g/mol. The molecule has 0 aliphatic rings. The minimum Gasteiger partial charge on any atom is -0.395 e. The Balaban J connectivity index is 3.70. The summed E-state index contributed by atoms with van der Waals surface area (Å²) < 4.78 is 0. The van der Waals surface area contributed by atoms with E-state index in [1.54, 1.807) is 0 Å². The monoisotopic (exact) mass is 427 g/mol. The van der Waals surface area contributed by atoms with E-state index in [9.17, 15) is 14.7 Å². The second kappa shape index (κ2) is 22.5. The molecule has 0 aromatic carbocycles. The zero-order valence-corrected chi connectivity index (χ0v) is 19.9. The van der Waals surface area contributed by atoms with E-state index >= 15 is 0 Å². The maximum absolute atomic E-state index is 11.8. The molecule has 0 rings (SSSR count). The number of carbonyl (C=O) groups is 2. The van der Waals surface area contributed by atoms with Crippen molar-refractivity contribution in [3.8, 4) is 0 Å². The number of aliphatic hydroxyl groups excluding tert-OH is 1. The zero-order valence-electron chi connectivity index (χ0n) is 19.9.